The lowest BCUT2D eigenvalue weighted by Gasteiger charge is -2.34. The normalized spacial score (nSPS) is 26.4. The number of amides is 1. The molecule has 0 spiro atoms. The molecule has 3 heterocycles. The van der Waals surface area contributed by atoms with E-state index in [0.717, 1.165) is 57.8 Å². The Hall–Kier alpha value is -1.69. The molecule has 2 fully saturated rings. The molecule has 2 N–H and O–H groups in total. The minimum absolute atomic E-state index is 0.127. The zero-order valence-corrected chi connectivity index (χ0v) is 12.3. The first kappa shape index (κ1) is 14.3. The molecule has 0 radical (unpaired) electrons. The van der Waals surface area contributed by atoms with Crippen LogP contribution in [0.1, 0.15) is 25.7 Å². The standard InChI is InChI=1S/C15H23N5O/c21-14(12-4-1-6-16-10-12)19-13-5-2-9-20(11-13)15-17-7-3-8-18-15/h3,7-8,12-13,16H,1-2,4-6,9-11H2,(H,19,21)/t12-,13?/m1/s1. The number of carbonyl (C=O) groups excluding carboxylic acids is 1. The molecule has 1 aromatic heterocycles. The second kappa shape index (κ2) is 6.85. The zero-order valence-electron chi connectivity index (χ0n) is 12.3. The van der Waals surface area contributed by atoms with Crippen molar-refractivity contribution in [2.24, 2.45) is 5.92 Å². The van der Waals surface area contributed by atoms with Crippen LogP contribution in [0.4, 0.5) is 5.95 Å². The second-order valence-corrected chi connectivity index (χ2v) is 5.89. The lowest BCUT2D eigenvalue weighted by Crippen LogP contribution is -2.51. The van der Waals surface area contributed by atoms with Crippen LogP contribution in [0.15, 0.2) is 18.5 Å². The van der Waals surface area contributed by atoms with Gasteiger partial charge in [0.05, 0.1) is 5.92 Å². The molecule has 0 bridgehead atoms. The van der Waals surface area contributed by atoms with Gasteiger partial charge in [-0.2, -0.15) is 0 Å². The van der Waals surface area contributed by atoms with Gasteiger partial charge in [-0.25, -0.2) is 9.97 Å². The number of anilines is 1. The minimum Gasteiger partial charge on any atom is -0.351 e. The number of hydrogen-bond donors (Lipinski definition) is 2. The van der Waals surface area contributed by atoms with E-state index in [0.29, 0.717) is 0 Å². The Labute approximate surface area is 125 Å². The van der Waals surface area contributed by atoms with E-state index in [1.807, 2.05) is 6.07 Å². The molecule has 1 unspecified atom stereocenters. The van der Waals surface area contributed by atoms with Gasteiger partial charge in [-0.3, -0.25) is 4.79 Å². The van der Waals surface area contributed by atoms with Crippen molar-refractivity contribution in [1.82, 2.24) is 20.6 Å². The molecule has 6 nitrogen and oxygen atoms in total. The molecule has 0 aromatic carbocycles. The number of rotatable bonds is 3. The van der Waals surface area contributed by atoms with Gasteiger partial charge in [0, 0.05) is 38.1 Å². The van der Waals surface area contributed by atoms with E-state index >= 15 is 0 Å². The number of aromatic nitrogens is 2. The minimum atomic E-state index is 0.127. The first-order valence-electron chi connectivity index (χ1n) is 7.86. The molecule has 6 heteroatoms. The van der Waals surface area contributed by atoms with E-state index in [1.54, 1.807) is 12.4 Å². The van der Waals surface area contributed by atoms with Crippen LogP contribution in [0.2, 0.25) is 0 Å². The van der Waals surface area contributed by atoms with Crippen LogP contribution >= 0.6 is 0 Å². The largest absolute Gasteiger partial charge is 0.351 e. The van der Waals surface area contributed by atoms with Crippen molar-refractivity contribution in [2.45, 2.75) is 31.7 Å². The summed E-state index contributed by atoms with van der Waals surface area (Å²) in [5.74, 6) is 1.08. The Morgan fingerprint density at radius 3 is 2.90 bits per heavy atom. The average Bonchev–Trinajstić information content (AvgIpc) is 2.57. The SMILES string of the molecule is O=C(NC1CCCN(c2ncccn2)C1)[C@@H]1CCCNC1. The lowest BCUT2D eigenvalue weighted by atomic mass is 9.97. The van der Waals surface area contributed by atoms with Crippen molar-refractivity contribution in [1.29, 1.82) is 0 Å². The third kappa shape index (κ3) is 3.69. The van der Waals surface area contributed by atoms with Gasteiger partial charge in [0.2, 0.25) is 11.9 Å². The van der Waals surface area contributed by atoms with Crippen LogP contribution in [0.5, 0.6) is 0 Å². The molecule has 2 saturated heterocycles. The van der Waals surface area contributed by atoms with E-state index in [1.165, 1.54) is 0 Å². The van der Waals surface area contributed by atoms with Gasteiger partial charge < -0.3 is 15.5 Å². The molecule has 1 amide bonds. The number of hydrogen-bond acceptors (Lipinski definition) is 5. The molecule has 1 aromatic rings. The molecule has 2 aliphatic heterocycles. The van der Waals surface area contributed by atoms with Gasteiger partial charge in [0.1, 0.15) is 0 Å². The van der Waals surface area contributed by atoms with Crippen LogP contribution in [-0.2, 0) is 4.79 Å². The summed E-state index contributed by atoms with van der Waals surface area (Å²) in [6.07, 6.45) is 7.71. The summed E-state index contributed by atoms with van der Waals surface area (Å²) in [4.78, 5) is 23.1. The smallest absolute Gasteiger partial charge is 0.225 e. The highest BCUT2D eigenvalue weighted by Gasteiger charge is 2.26. The summed E-state index contributed by atoms with van der Waals surface area (Å²) in [6.45, 7) is 3.60. The van der Waals surface area contributed by atoms with Crippen LogP contribution < -0.4 is 15.5 Å². The summed E-state index contributed by atoms with van der Waals surface area (Å²) in [6, 6.07) is 2.03. The Morgan fingerprint density at radius 2 is 2.14 bits per heavy atom. The van der Waals surface area contributed by atoms with Crippen molar-refractivity contribution in [3.63, 3.8) is 0 Å². The van der Waals surface area contributed by atoms with E-state index in [2.05, 4.69) is 25.5 Å². The predicted molar refractivity (Wildman–Crippen MR) is 81.0 cm³/mol. The zero-order chi connectivity index (χ0) is 14.5. The highest BCUT2D eigenvalue weighted by atomic mass is 16.2. The summed E-state index contributed by atoms with van der Waals surface area (Å²) < 4.78 is 0. The van der Waals surface area contributed by atoms with Gasteiger partial charge in [-0.15, -0.1) is 0 Å². The third-order valence-electron chi connectivity index (χ3n) is 4.27. The van der Waals surface area contributed by atoms with Gasteiger partial charge in [-0.05, 0) is 38.3 Å². The number of nitrogens with zero attached hydrogens (tertiary/aromatic N) is 3. The van der Waals surface area contributed by atoms with E-state index in [4.69, 9.17) is 0 Å². The molecular weight excluding hydrogens is 266 g/mol. The van der Waals surface area contributed by atoms with E-state index in [9.17, 15) is 4.79 Å². The Balaban J connectivity index is 1.55. The second-order valence-electron chi connectivity index (χ2n) is 5.89. The fourth-order valence-corrected chi connectivity index (χ4v) is 3.13. The fraction of sp³-hybridized carbons (Fsp3) is 0.667. The first-order valence-corrected chi connectivity index (χ1v) is 7.86. The summed E-state index contributed by atoms with van der Waals surface area (Å²) in [7, 11) is 0. The number of nitrogens with one attached hydrogen (secondary N) is 2. The highest BCUT2D eigenvalue weighted by molar-refractivity contribution is 5.79. The highest BCUT2D eigenvalue weighted by Crippen LogP contribution is 2.16. The number of piperidine rings is 2. The third-order valence-corrected chi connectivity index (χ3v) is 4.27. The van der Waals surface area contributed by atoms with E-state index < -0.39 is 0 Å². The molecule has 0 saturated carbocycles. The van der Waals surface area contributed by atoms with Crippen LogP contribution in [0, 0.1) is 5.92 Å². The quantitative estimate of drug-likeness (QED) is 0.851. The average molecular weight is 289 g/mol. The summed E-state index contributed by atoms with van der Waals surface area (Å²) in [5, 5.41) is 6.51. The maximum Gasteiger partial charge on any atom is 0.225 e. The number of carbonyl (C=O) groups is 1. The van der Waals surface area contributed by atoms with E-state index in [-0.39, 0.29) is 17.9 Å². The molecule has 3 rings (SSSR count). The molecule has 21 heavy (non-hydrogen) atoms. The Kier molecular flexibility index (Phi) is 4.65. The lowest BCUT2D eigenvalue weighted by molar-refractivity contribution is -0.126. The van der Waals surface area contributed by atoms with Gasteiger partial charge in [0.25, 0.3) is 0 Å². The molecular formula is C15H23N5O. The Bertz CT molecular complexity index is 460. The van der Waals surface area contributed by atoms with Crippen molar-refractivity contribution >= 4 is 11.9 Å². The molecule has 2 aliphatic rings. The molecule has 0 aliphatic carbocycles. The maximum atomic E-state index is 12.3. The van der Waals surface area contributed by atoms with Gasteiger partial charge in [-0.1, -0.05) is 0 Å². The maximum absolute atomic E-state index is 12.3. The summed E-state index contributed by atoms with van der Waals surface area (Å²) >= 11 is 0. The van der Waals surface area contributed by atoms with Crippen molar-refractivity contribution in [3.8, 4) is 0 Å². The van der Waals surface area contributed by atoms with Crippen LogP contribution in [0.3, 0.4) is 0 Å². The van der Waals surface area contributed by atoms with Crippen LogP contribution in [-0.4, -0.2) is 48.1 Å². The van der Waals surface area contributed by atoms with Gasteiger partial charge in [0.15, 0.2) is 0 Å². The Morgan fingerprint density at radius 1 is 1.29 bits per heavy atom. The van der Waals surface area contributed by atoms with Gasteiger partial charge >= 0.3 is 0 Å². The predicted octanol–water partition coefficient (Wildman–Crippen LogP) is 0.561. The first-order chi connectivity index (χ1) is 10.3. The summed E-state index contributed by atoms with van der Waals surface area (Å²) in [5.41, 5.74) is 0. The topological polar surface area (TPSA) is 70.2 Å². The molecule has 2 atom stereocenters. The fourth-order valence-electron chi connectivity index (χ4n) is 3.13. The van der Waals surface area contributed by atoms with Crippen molar-refractivity contribution in [2.75, 3.05) is 31.1 Å². The van der Waals surface area contributed by atoms with Crippen molar-refractivity contribution in [3.05, 3.63) is 18.5 Å². The van der Waals surface area contributed by atoms with Crippen LogP contribution in [0.25, 0.3) is 0 Å². The van der Waals surface area contributed by atoms with Crippen molar-refractivity contribution < 1.29 is 4.79 Å². The molecule has 114 valence electrons. The monoisotopic (exact) mass is 289 g/mol.